The molecule has 0 fully saturated rings. The maximum atomic E-state index is 12.5. The summed E-state index contributed by atoms with van der Waals surface area (Å²) in [6, 6.07) is 18.9. The Morgan fingerprint density at radius 2 is 1.43 bits per heavy atom. The monoisotopic (exact) mass is 423 g/mol. The number of nitrogen functional groups attached to an aromatic ring is 1. The van der Waals surface area contributed by atoms with Crippen molar-refractivity contribution in [1.82, 2.24) is 0 Å². The highest BCUT2D eigenvalue weighted by atomic mass is 32.2. The molecule has 8 nitrogen and oxygen atoms in total. The lowest BCUT2D eigenvalue weighted by Gasteiger charge is -2.11. The first-order valence-electron chi connectivity index (χ1n) is 8.95. The van der Waals surface area contributed by atoms with Gasteiger partial charge < -0.3 is 16.4 Å². The third-order valence-electron chi connectivity index (χ3n) is 4.14. The number of aryl methyl sites for hydroxylation is 1. The Morgan fingerprint density at radius 1 is 0.867 bits per heavy atom. The standard InChI is InChI=1S/C21H21N5O3S/c1-14-8-10-19(11-9-14)30(28,29)26-18-7-3-6-17(13-18)25-21(27)24-16-5-2-4-15(12-16)20(22)23/h2-13,26H,1H3,(H3,22,23)(H2,24,25,27). The molecule has 3 aromatic carbocycles. The second-order valence-electron chi connectivity index (χ2n) is 6.57. The van der Waals surface area contributed by atoms with Crippen LogP contribution in [0, 0.1) is 12.3 Å². The third-order valence-corrected chi connectivity index (χ3v) is 5.53. The molecule has 0 aliphatic heterocycles. The fourth-order valence-electron chi connectivity index (χ4n) is 2.65. The molecule has 0 aliphatic carbocycles. The van der Waals surface area contributed by atoms with Crippen LogP contribution < -0.4 is 21.1 Å². The van der Waals surface area contributed by atoms with Gasteiger partial charge in [-0.2, -0.15) is 0 Å². The minimum absolute atomic E-state index is 0.104. The van der Waals surface area contributed by atoms with E-state index in [2.05, 4.69) is 15.4 Å². The minimum atomic E-state index is -3.75. The molecule has 0 heterocycles. The molecule has 0 aromatic heterocycles. The van der Waals surface area contributed by atoms with Crippen LogP contribution in [0.3, 0.4) is 0 Å². The Labute approximate surface area is 174 Å². The van der Waals surface area contributed by atoms with Crippen molar-refractivity contribution in [3.63, 3.8) is 0 Å². The van der Waals surface area contributed by atoms with E-state index in [1.165, 1.54) is 18.2 Å². The van der Waals surface area contributed by atoms with Crippen molar-refractivity contribution in [2.75, 3.05) is 15.4 Å². The lowest BCUT2D eigenvalue weighted by Crippen LogP contribution is -2.20. The molecular formula is C21H21N5O3S. The Balaban J connectivity index is 1.69. The number of nitrogens with one attached hydrogen (secondary N) is 4. The SMILES string of the molecule is Cc1ccc(S(=O)(=O)Nc2cccc(NC(=O)Nc3cccc(C(=N)N)c3)c2)cc1. The van der Waals surface area contributed by atoms with Crippen molar-refractivity contribution in [2.45, 2.75) is 11.8 Å². The van der Waals surface area contributed by atoms with Gasteiger partial charge >= 0.3 is 6.03 Å². The summed E-state index contributed by atoms with van der Waals surface area (Å²) in [6.45, 7) is 1.88. The molecule has 9 heteroatoms. The molecule has 3 aromatic rings. The number of hydrogen-bond acceptors (Lipinski definition) is 4. The van der Waals surface area contributed by atoms with Crippen molar-refractivity contribution < 1.29 is 13.2 Å². The molecule has 0 unspecified atom stereocenters. The zero-order valence-electron chi connectivity index (χ0n) is 16.1. The number of hydrogen-bond donors (Lipinski definition) is 5. The van der Waals surface area contributed by atoms with E-state index < -0.39 is 16.1 Å². The molecule has 0 radical (unpaired) electrons. The normalized spacial score (nSPS) is 10.8. The van der Waals surface area contributed by atoms with Gasteiger partial charge in [0.25, 0.3) is 10.0 Å². The van der Waals surface area contributed by atoms with E-state index in [1.807, 2.05) is 6.92 Å². The van der Waals surface area contributed by atoms with Gasteiger partial charge in [0.05, 0.1) is 10.6 Å². The first kappa shape index (κ1) is 20.9. The quantitative estimate of drug-likeness (QED) is 0.305. The Hall–Kier alpha value is -3.85. The van der Waals surface area contributed by atoms with E-state index in [0.717, 1.165) is 5.56 Å². The van der Waals surface area contributed by atoms with Crippen LogP contribution in [0.5, 0.6) is 0 Å². The van der Waals surface area contributed by atoms with Gasteiger partial charge in [-0.15, -0.1) is 0 Å². The molecule has 30 heavy (non-hydrogen) atoms. The summed E-state index contributed by atoms with van der Waals surface area (Å²) < 4.78 is 27.6. The fourth-order valence-corrected chi connectivity index (χ4v) is 3.70. The first-order chi connectivity index (χ1) is 14.2. The summed E-state index contributed by atoms with van der Waals surface area (Å²) in [5.41, 5.74) is 8.08. The maximum absolute atomic E-state index is 12.5. The van der Waals surface area contributed by atoms with Crippen LogP contribution in [0.4, 0.5) is 21.9 Å². The summed E-state index contributed by atoms with van der Waals surface area (Å²) in [5, 5.41) is 12.7. The highest BCUT2D eigenvalue weighted by molar-refractivity contribution is 7.92. The van der Waals surface area contributed by atoms with E-state index in [1.54, 1.807) is 54.6 Å². The summed E-state index contributed by atoms with van der Waals surface area (Å²) in [7, 11) is -3.75. The first-order valence-corrected chi connectivity index (χ1v) is 10.4. The molecule has 0 saturated heterocycles. The number of rotatable bonds is 6. The molecular weight excluding hydrogens is 402 g/mol. The van der Waals surface area contributed by atoms with E-state index in [9.17, 15) is 13.2 Å². The largest absolute Gasteiger partial charge is 0.384 e. The van der Waals surface area contributed by atoms with Crippen molar-refractivity contribution in [1.29, 1.82) is 5.41 Å². The zero-order valence-corrected chi connectivity index (χ0v) is 17.0. The van der Waals surface area contributed by atoms with Gasteiger partial charge in [0.2, 0.25) is 0 Å². The smallest absolute Gasteiger partial charge is 0.323 e. The molecule has 2 amide bonds. The number of anilines is 3. The maximum Gasteiger partial charge on any atom is 0.323 e. The second-order valence-corrected chi connectivity index (χ2v) is 8.26. The van der Waals surface area contributed by atoms with Crippen molar-refractivity contribution in [3.05, 3.63) is 83.9 Å². The minimum Gasteiger partial charge on any atom is -0.384 e. The second kappa shape index (κ2) is 8.66. The van der Waals surface area contributed by atoms with E-state index in [4.69, 9.17) is 11.1 Å². The van der Waals surface area contributed by atoms with Crippen molar-refractivity contribution in [2.24, 2.45) is 5.73 Å². The van der Waals surface area contributed by atoms with Crippen molar-refractivity contribution >= 4 is 39.0 Å². The predicted molar refractivity (Wildman–Crippen MR) is 119 cm³/mol. The number of carbonyl (C=O) groups excluding carboxylic acids is 1. The summed E-state index contributed by atoms with van der Waals surface area (Å²) in [6.07, 6.45) is 0. The highest BCUT2D eigenvalue weighted by Gasteiger charge is 2.14. The number of carbonyl (C=O) groups is 1. The highest BCUT2D eigenvalue weighted by Crippen LogP contribution is 2.20. The molecule has 0 aliphatic rings. The summed E-state index contributed by atoms with van der Waals surface area (Å²) in [4.78, 5) is 12.4. The van der Waals surface area contributed by atoms with Gasteiger partial charge in [0.1, 0.15) is 5.84 Å². The van der Waals surface area contributed by atoms with Gasteiger partial charge in [-0.05, 0) is 49.4 Å². The molecule has 0 spiro atoms. The number of sulfonamides is 1. The lowest BCUT2D eigenvalue weighted by molar-refractivity contribution is 0.262. The van der Waals surface area contributed by atoms with Crippen LogP contribution in [0.15, 0.2) is 77.7 Å². The molecule has 3 rings (SSSR count). The average molecular weight is 423 g/mol. The van der Waals surface area contributed by atoms with Crippen LogP contribution in [0.1, 0.15) is 11.1 Å². The fraction of sp³-hybridized carbons (Fsp3) is 0.0476. The number of amidine groups is 1. The van der Waals surface area contributed by atoms with Crippen LogP contribution >= 0.6 is 0 Å². The average Bonchev–Trinajstić information content (AvgIpc) is 2.68. The number of nitrogens with two attached hydrogens (primary N) is 1. The number of benzene rings is 3. The zero-order chi connectivity index (χ0) is 21.7. The van der Waals surface area contributed by atoms with Crippen LogP contribution in [0.25, 0.3) is 0 Å². The van der Waals surface area contributed by atoms with Crippen LogP contribution in [-0.2, 0) is 10.0 Å². The Bertz CT molecular complexity index is 1190. The topological polar surface area (TPSA) is 137 Å². The number of amides is 2. The van der Waals surface area contributed by atoms with Gasteiger partial charge in [-0.25, -0.2) is 13.2 Å². The van der Waals surface area contributed by atoms with Crippen LogP contribution in [0.2, 0.25) is 0 Å². The van der Waals surface area contributed by atoms with E-state index >= 15 is 0 Å². The van der Waals surface area contributed by atoms with Gasteiger partial charge in [0.15, 0.2) is 0 Å². The number of urea groups is 1. The lowest BCUT2D eigenvalue weighted by atomic mass is 10.2. The molecule has 0 bridgehead atoms. The summed E-state index contributed by atoms with van der Waals surface area (Å²) >= 11 is 0. The predicted octanol–water partition coefficient (Wildman–Crippen LogP) is 3.72. The Morgan fingerprint density at radius 3 is 2.07 bits per heavy atom. The van der Waals surface area contributed by atoms with E-state index in [0.29, 0.717) is 22.6 Å². The Kier molecular flexibility index (Phi) is 6.03. The van der Waals surface area contributed by atoms with Gasteiger partial charge in [-0.3, -0.25) is 10.1 Å². The summed E-state index contributed by atoms with van der Waals surface area (Å²) in [5.74, 6) is -0.104. The van der Waals surface area contributed by atoms with Gasteiger partial charge in [0, 0.05) is 16.9 Å². The molecule has 0 saturated carbocycles. The van der Waals surface area contributed by atoms with E-state index in [-0.39, 0.29) is 10.7 Å². The molecule has 0 atom stereocenters. The molecule has 6 N–H and O–H groups in total. The van der Waals surface area contributed by atoms with Crippen molar-refractivity contribution in [3.8, 4) is 0 Å². The molecule has 154 valence electrons. The van der Waals surface area contributed by atoms with Gasteiger partial charge in [-0.1, -0.05) is 35.9 Å². The third kappa shape index (κ3) is 5.36. The van der Waals surface area contributed by atoms with Crippen LogP contribution in [-0.4, -0.2) is 20.3 Å².